The number of esters is 1. The number of nitrogens with zero attached hydrogens (tertiary/aromatic N) is 1. The van der Waals surface area contributed by atoms with Crippen molar-refractivity contribution in [3.8, 4) is 0 Å². The summed E-state index contributed by atoms with van der Waals surface area (Å²) in [5, 5.41) is 2.98. The Bertz CT molecular complexity index is 707. The summed E-state index contributed by atoms with van der Waals surface area (Å²) in [7, 11) is 0. The van der Waals surface area contributed by atoms with Crippen molar-refractivity contribution in [3.63, 3.8) is 0 Å². The van der Waals surface area contributed by atoms with Gasteiger partial charge in [-0.25, -0.2) is 0 Å². The maximum absolute atomic E-state index is 12.0. The third kappa shape index (κ3) is 11.9. The molecule has 4 nitrogen and oxygen atoms in total. The molecular weight excluding hydrogens is 519 g/mol. The van der Waals surface area contributed by atoms with Crippen LogP contribution >= 0.6 is 11.3 Å². The largest absolute Gasteiger partial charge is 0.539 e. The predicted octanol–water partition coefficient (Wildman–Crippen LogP) is 5.87. The second-order valence-electron chi connectivity index (χ2n) is 5.80. The van der Waals surface area contributed by atoms with Crippen LogP contribution in [0.2, 0.25) is 0 Å². The molecule has 0 N–H and O–H groups in total. The molecule has 2 rings (SSSR count). The third-order valence-electron chi connectivity index (χ3n) is 3.25. The molecule has 0 saturated heterocycles. The van der Waals surface area contributed by atoms with E-state index in [0.29, 0.717) is 23.2 Å². The monoisotopic (exact) mass is 552 g/mol. The van der Waals surface area contributed by atoms with Crippen LogP contribution in [-0.2, 0) is 16.0 Å². The molecule has 0 amide bonds. The minimum absolute atomic E-state index is 0. The van der Waals surface area contributed by atoms with Crippen LogP contribution in [0.1, 0.15) is 59.3 Å². The summed E-state index contributed by atoms with van der Waals surface area (Å²) in [5.41, 5.74) is 1.56. The molecule has 0 aliphatic rings. The van der Waals surface area contributed by atoms with Crippen molar-refractivity contribution >= 4 is 23.0 Å². The fourth-order valence-corrected chi connectivity index (χ4v) is 2.67. The average Bonchev–Trinajstić information content (AvgIpc) is 3.00. The number of hydrogen-bond donors (Lipinski definition) is 0. The van der Waals surface area contributed by atoms with Gasteiger partial charge < -0.3 is 9.15 Å². The van der Waals surface area contributed by atoms with Crippen LogP contribution in [-0.4, -0.2) is 12.6 Å². The second kappa shape index (κ2) is 16.6. The molecule has 1 aromatic heterocycles. The number of carbonyl (C=O) groups is 1. The smallest absolute Gasteiger partial charge is 0.310 e. The number of aryl methyl sites for hydroxylation is 1. The molecule has 0 fully saturated rings. The zero-order valence-electron chi connectivity index (χ0n) is 16.1. The topological polar surface area (TPSA) is 51.8 Å². The van der Waals surface area contributed by atoms with Crippen molar-refractivity contribution in [2.45, 2.75) is 61.3 Å². The van der Waals surface area contributed by atoms with Gasteiger partial charge in [-0.2, -0.15) is 0 Å². The van der Waals surface area contributed by atoms with E-state index in [1.165, 1.54) is 11.3 Å². The summed E-state index contributed by atoms with van der Waals surface area (Å²) in [5.74, 6) is 1.11. The van der Waals surface area contributed by atoms with Crippen LogP contribution in [0.3, 0.4) is 0 Å². The maximum Gasteiger partial charge on any atom is 0.310 e. The molecule has 0 unspecified atom stereocenters. The maximum atomic E-state index is 12.0. The summed E-state index contributed by atoms with van der Waals surface area (Å²) in [4.78, 5) is 17.0. The first-order chi connectivity index (χ1) is 12.0. The normalized spacial score (nSPS) is 10.4. The van der Waals surface area contributed by atoms with Gasteiger partial charge in [0.25, 0.3) is 0 Å². The van der Waals surface area contributed by atoms with Crippen molar-refractivity contribution in [3.05, 3.63) is 45.8 Å². The molecular formula is C21H32NO3SYb-. The first kappa shape index (κ1) is 28.8. The Morgan fingerprint density at radius 1 is 1.30 bits per heavy atom. The number of carbonyl (C=O) groups excluding carboxylic acids is 1. The molecule has 2 aromatic rings. The third-order valence-corrected chi connectivity index (χ3v) is 3.99. The van der Waals surface area contributed by atoms with Gasteiger partial charge in [0.05, 0.1) is 18.7 Å². The minimum atomic E-state index is -0.220. The number of rotatable bonds is 7. The van der Waals surface area contributed by atoms with Gasteiger partial charge in [0.2, 0.25) is 0 Å². The number of hydrogen-bond acceptors (Lipinski definition) is 5. The number of ether oxygens (including phenoxy) is 1. The summed E-state index contributed by atoms with van der Waals surface area (Å²) >= 11 is 1.32. The molecule has 0 radical (unpaired) electrons. The first-order valence-corrected chi connectivity index (χ1v) is 9.62. The van der Waals surface area contributed by atoms with E-state index in [9.17, 15) is 4.79 Å². The molecule has 0 aliphatic carbocycles. The van der Waals surface area contributed by atoms with Gasteiger partial charge in [-0.05, 0) is 43.1 Å². The van der Waals surface area contributed by atoms with Gasteiger partial charge in [-0.1, -0.05) is 53.3 Å². The molecule has 0 aliphatic heterocycles. The van der Waals surface area contributed by atoms with E-state index in [1.807, 2.05) is 45.0 Å². The van der Waals surface area contributed by atoms with Crippen LogP contribution in [0.5, 0.6) is 0 Å². The SMILES string of the molecule is C.CC.Cc1[c-]sc(=Nc2ccccc2CC(=O)OCCCC(C)C)o1.[Yb]. The fraction of sp³-hybridized carbons (Fsp3) is 0.524. The molecule has 160 valence electrons. The Balaban J connectivity index is 0. The van der Waals surface area contributed by atoms with E-state index < -0.39 is 0 Å². The van der Waals surface area contributed by atoms with Gasteiger partial charge in [-0.15, -0.1) is 5.38 Å². The van der Waals surface area contributed by atoms with Gasteiger partial charge in [0.1, 0.15) is 4.87 Å². The second-order valence-corrected chi connectivity index (χ2v) is 6.56. The van der Waals surface area contributed by atoms with E-state index in [2.05, 4.69) is 24.2 Å². The van der Waals surface area contributed by atoms with Gasteiger partial charge in [0, 0.05) is 46.9 Å². The summed E-state index contributed by atoms with van der Waals surface area (Å²) in [6.07, 6.45) is 2.18. The zero-order valence-corrected chi connectivity index (χ0v) is 18.6. The van der Waals surface area contributed by atoms with Crippen LogP contribution in [0.4, 0.5) is 5.69 Å². The van der Waals surface area contributed by atoms with E-state index in [-0.39, 0.29) is 66.7 Å². The molecule has 27 heavy (non-hydrogen) atoms. The van der Waals surface area contributed by atoms with Gasteiger partial charge in [-0.3, -0.25) is 21.1 Å². The Morgan fingerprint density at radius 2 is 1.96 bits per heavy atom. The van der Waals surface area contributed by atoms with Crippen molar-refractivity contribution in [1.82, 2.24) is 0 Å². The molecule has 1 heterocycles. The quantitative estimate of drug-likeness (QED) is 0.246. The summed E-state index contributed by atoms with van der Waals surface area (Å²) < 4.78 is 10.7. The van der Waals surface area contributed by atoms with E-state index in [0.717, 1.165) is 24.1 Å². The van der Waals surface area contributed by atoms with E-state index >= 15 is 0 Å². The predicted molar refractivity (Wildman–Crippen MR) is 109 cm³/mol. The number of para-hydroxylation sites is 1. The van der Waals surface area contributed by atoms with E-state index in [4.69, 9.17) is 9.15 Å². The molecule has 0 saturated carbocycles. The van der Waals surface area contributed by atoms with Crippen molar-refractivity contribution in [2.75, 3.05) is 6.61 Å². The van der Waals surface area contributed by atoms with Crippen molar-refractivity contribution in [2.24, 2.45) is 10.9 Å². The van der Waals surface area contributed by atoms with Gasteiger partial charge in [0.15, 0.2) is 0 Å². The zero-order chi connectivity index (χ0) is 18.7. The Labute approximate surface area is 206 Å². The molecule has 6 heteroatoms. The first-order valence-electron chi connectivity index (χ1n) is 8.81. The molecule has 0 bridgehead atoms. The average molecular weight is 552 g/mol. The number of benzene rings is 1. The molecule has 1 aromatic carbocycles. The van der Waals surface area contributed by atoms with Crippen LogP contribution < -0.4 is 4.87 Å². The van der Waals surface area contributed by atoms with Gasteiger partial charge >= 0.3 is 5.97 Å². The van der Waals surface area contributed by atoms with Crippen LogP contribution in [0.25, 0.3) is 0 Å². The van der Waals surface area contributed by atoms with Crippen molar-refractivity contribution in [1.29, 1.82) is 0 Å². The summed E-state index contributed by atoms with van der Waals surface area (Å²) in [6, 6.07) is 7.54. The fourth-order valence-electron chi connectivity index (χ4n) is 2.09. The Hall–Kier alpha value is -0.361. The standard InChI is InChI=1S/C18H22NO3S.C2H6.CH4.Yb/c1-13(2)7-6-10-21-17(20)11-15-8-4-5-9-16(15)19-18-22-14(3)12-23-18;1-2;;/h4-5,8-9,13H,6-7,10-11H2,1-3H3;1-2H3;1H4;/q-1;;;. The molecule has 0 atom stereocenters. The minimum Gasteiger partial charge on any atom is -0.539 e. The Morgan fingerprint density at radius 3 is 2.56 bits per heavy atom. The molecule has 0 spiro atoms. The van der Waals surface area contributed by atoms with Crippen LogP contribution in [0.15, 0.2) is 33.7 Å². The summed E-state index contributed by atoms with van der Waals surface area (Å²) in [6.45, 7) is 10.6. The van der Waals surface area contributed by atoms with Crippen molar-refractivity contribution < 1.29 is 60.9 Å². The van der Waals surface area contributed by atoms with Crippen LogP contribution in [0, 0.1) is 65.1 Å². The van der Waals surface area contributed by atoms with E-state index in [1.54, 1.807) is 0 Å². The Kier molecular flexibility index (Phi) is 17.7.